The van der Waals surface area contributed by atoms with Crippen molar-refractivity contribution in [2.75, 3.05) is 7.05 Å². The number of nitrogens with zero attached hydrogens (tertiary/aromatic N) is 1. The van der Waals surface area contributed by atoms with Crippen molar-refractivity contribution in [3.8, 4) is 0 Å². The molecule has 2 radical (unpaired) electrons. The van der Waals surface area contributed by atoms with E-state index in [1.54, 1.807) is 0 Å². The highest BCUT2D eigenvalue weighted by atomic mass is 31.2. The summed E-state index contributed by atoms with van der Waals surface area (Å²) in [6.07, 6.45) is 5.88. The van der Waals surface area contributed by atoms with Crippen LogP contribution in [0.5, 0.6) is 0 Å². The van der Waals surface area contributed by atoms with Gasteiger partial charge >= 0.3 is 0 Å². The van der Waals surface area contributed by atoms with Crippen molar-refractivity contribution in [3.63, 3.8) is 0 Å². The van der Waals surface area contributed by atoms with Gasteiger partial charge in [0.1, 0.15) is 7.85 Å². The summed E-state index contributed by atoms with van der Waals surface area (Å²) in [6.45, 7) is 9.15. The van der Waals surface area contributed by atoms with E-state index < -0.39 is 8.53 Å². The highest BCUT2D eigenvalue weighted by Gasteiger charge is 2.51. The fourth-order valence-corrected chi connectivity index (χ4v) is 6.14. The molecule has 4 unspecified atom stereocenters. The van der Waals surface area contributed by atoms with E-state index in [0.717, 1.165) is 25.2 Å². The monoisotopic (exact) mass is 339 g/mol. The average molecular weight is 339 g/mol. The van der Waals surface area contributed by atoms with Crippen LogP contribution in [0.3, 0.4) is 0 Å². The minimum Gasteiger partial charge on any atom is -0.382 e. The minimum atomic E-state index is -1.05. The molecule has 3 rings (SSSR count). The molecule has 2 aliphatic heterocycles. The molecule has 6 heteroatoms. The lowest BCUT2D eigenvalue weighted by molar-refractivity contribution is -0.0562. The summed E-state index contributed by atoms with van der Waals surface area (Å²) in [7, 11) is 7.06. The van der Waals surface area contributed by atoms with Crippen molar-refractivity contribution >= 4 is 16.4 Å². The fraction of sp³-hybridized carbons (Fsp3) is 1.00. The summed E-state index contributed by atoms with van der Waals surface area (Å²) in [5.41, 5.74) is 0.109. The topological polar surface area (TPSA) is 30.9 Å². The molecular weight excluding hydrogens is 308 g/mol. The third kappa shape index (κ3) is 3.50. The van der Waals surface area contributed by atoms with E-state index >= 15 is 0 Å². The molecule has 1 aliphatic carbocycles. The first kappa shape index (κ1) is 18.1. The van der Waals surface area contributed by atoms with Crippen LogP contribution in [0.25, 0.3) is 0 Å². The third-order valence-corrected chi connectivity index (χ3v) is 8.03. The summed E-state index contributed by atoms with van der Waals surface area (Å²) in [6, 6.07) is -0.203. The van der Waals surface area contributed by atoms with Gasteiger partial charge in [-0.05, 0) is 52.5 Å². The normalized spacial score (nSPS) is 47.4. The molecule has 3 fully saturated rings. The van der Waals surface area contributed by atoms with Crippen molar-refractivity contribution in [2.24, 2.45) is 11.8 Å². The van der Waals surface area contributed by atoms with Crippen LogP contribution >= 0.6 is 8.53 Å². The second-order valence-corrected chi connectivity index (χ2v) is 9.58. The van der Waals surface area contributed by atoms with E-state index in [4.69, 9.17) is 21.6 Å². The van der Waals surface area contributed by atoms with Crippen molar-refractivity contribution in [1.82, 2.24) is 4.67 Å². The maximum Gasteiger partial charge on any atom is 0.259 e. The van der Waals surface area contributed by atoms with Crippen LogP contribution in [0, 0.1) is 11.8 Å². The minimum absolute atomic E-state index is 0.0527. The molecule has 0 amide bonds. The SMILES string of the molecule is [B][C@H]1C[C@H](OP2OC3CC(C)CCC3C(C)(C)N2C)[C@@H](CC)O1. The first-order valence-electron chi connectivity index (χ1n) is 9.11. The van der Waals surface area contributed by atoms with E-state index in [2.05, 4.69) is 39.4 Å². The fourth-order valence-electron chi connectivity index (χ4n) is 4.32. The summed E-state index contributed by atoms with van der Waals surface area (Å²) in [5.74, 6) is 1.34. The van der Waals surface area contributed by atoms with Gasteiger partial charge in [-0.15, -0.1) is 0 Å². The molecule has 7 atom stereocenters. The maximum absolute atomic E-state index is 6.47. The van der Waals surface area contributed by atoms with E-state index in [1.165, 1.54) is 12.8 Å². The van der Waals surface area contributed by atoms with Gasteiger partial charge < -0.3 is 13.8 Å². The van der Waals surface area contributed by atoms with Crippen molar-refractivity contribution in [2.45, 2.75) is 89.7 Å². The molecule has 1 saturated carbocycles. The van der Waals surface area contributed by atoms with Crippen molar-refractivity contribution in [1.29, 1.82) is 0 Å². The van der Waals surface area contributed by atoms with Gasteiger partial charge in [0, 0.05) is 17.5 Å². The Morgan fingerprint density at radius 1 is 1.30 bits per heavy atom. The van der Waals surface area contributed by atoms with Gasteiger partial charge in [0.2, 0.25) is 0 Å². The Balaban J connectivity index is 1.72. The molecule has 0 aromatic carbocycles. The Kier molecular flexibility index (Phi) is 5.45. The highest BCUT2D eigenvalue weighted by Crippen LogP contribution is 2.59. The smallest absolute Gasteiger partial charge is 0.259 e. The van der Waals surface area contributed by atoms with Crippen LogP contribution in [0.1, 0.15) is 59.8 Å². The van der Waals surface area contributed by atoms with E-state index in [0.29, 0.717) is 12.0 Å². The predicted molar refractivity (Wildman–Crippen MR) is 94.3 cm³/mol. The molecule has 0 spiro atoms. The van der Waals surface area contributed by atoms with Crippen LogP contribution in [0.2, 0.25) is 0 Å². The van der Waals surface area contributed by atoms with Crippen molar-refractivity contribution < 1.29 is 13.8 Å². The zero-order valence-corrected chi connectivity index (χ0v) is 16.1. The van der Waals surface area contributed by atoms with E-state index in [-0.39, 0.29) is 23.8 Å². The van der Waals surface area contributed by atoms with Crippen LogP contribution in [-0.4, -0.2) is 49.4 Å². The zero-order valence-electron chi connectivity index (χ0n) is 15.2. The standard InChI is InChI=1S/C17H31BNO3P/c1-6-13-15(10-16(18)20-13)22-23-19(5)17(3,4)12-8-7-11(2)9-14(12)21-23/h11-16H,6-10H2,1-5H3/t11?,12?,13-,14?,15+,16-,23?/m1/s1. The number of ether oxygens (including phenoxy) is 1. The lowest BCUT2D eigenvalue weighted by Gasteiger charge is -2.55. The first-order valence-corrected chi connectivity index (χ1v) is 10.2. The van der Waals surface area contributed by atoms with Gasteiger partial charge in [-0.1, -0.05) is 20.3 Å². The highest BCUT2D eigenvalue weighted by molar-refractivity contribution is 7.44. The van der Waals surface area contributed by atoms with E-state index in [9.17, 15) is 0 Å². The summed E-state index contributed by atoms with van der Waals surface area (Å²) >= 11 is 0. The van der Waals surface area contributed by atoms with Crippen LogP contribution in [-0.2, 0) is 13.8 Å². The second kappa shape index (κ2) is 6.92. The second-order valence-electron chi connectivity index (χ2n) is 8.08. The molecule has 130 valence electrons. The Bertz CT molecular complexity index is 425. The predicted octanol–water partition coefficient (Wildman–Crippen LogP) is 3.84. The molecule has 0 aromatic rings. The van der Waals surface area contributed by atoms with Crippen molar-refractivity contribution in [3.05, 3.63) is 0 Å². The number of fused-ring (bicyclic) bond motifs is 1. The Morgan fingerprint density at radius 2 is 2.04 bits per heavy atom. The van der Waals surface area contributed by atoms with Crippen LogP contribution < -0.4 is 0 Å². The Hall–Kier alpha value is 0.335. The summed E-state index contributed by atoms with van der Waals surface area (Å²) in [4.78, 5) is 0. The molecule has 0 bridgehead atoms. The lowest BCUT2D eigenvalue weighted by Crippen LogP contribution is -2.56. The number of hydrogen-bond acceptors (Lipinski definition) is 4. The molecule has 0 aromatic heterocycles. The van der Waals surface area contributed by atoms with Gasteiger partial charge in [0.05, 0.1) is 18.3 Å². The number of rotatable bonds is 3. The molecule has 2 heterocycles. The molecular formula is C17H31BNO3P. The number of hydrogen-bond donors (Lipinski definition) is 0. The molecule has 0 N–H and O–H groups in total. The zero-order chi connectivity index (χ0) is 16.8. The largest absolute Gasteiger partial charge is 0.382 e. The molecule has 4 nitrogen and oxygen atoms in total. The molecule has 3 aliphatic rings. The molecule has 2 saturated heterocycles. The quantitative estimate of drug-likeness (QED) is 0.577. The Morgan fingerprint density at radius 3 is 2.74 bits per heavy atom. The average Bonchev–Trinajstić information content (AvgIpc) is 2.84. The Labute approximate surface area is 144 Å². The first-order chi connectivity index (χ1) is 10.8. The van der Waals surface area contributed by atoms with Gasteiger partial charge in [-0.3, -0.25) is 0 Å². The van der Waals surface area contributed by atoms with Crippen LogP contribution in [0.15, 0.2) is 0 Å². The van der Waals surface area contributed by atoms with Gasteiger partial charge in [-0.2, -0.15) is 0 Å². The molecule has 23 heavy (non-hydrogen) atoms. The summed E-state index contributed by atoms with van der Waals surface area (Å²) in [5, 5.41) is 0. The van der Waals surface area contributed by atoms with E-state index in [1.807, 2.05) is 0 Å². The third-order valence-electron chi connectivity index (χ3n) is 6.12. The van der Waals surface area contributed by atoms with Gasteiger partial charge in [0.15, 0.2) is 0 Å². The summed E-state index contributed by atoms with van der Waals surface area (Å²) < 4.78 is 21.0. The lowest BCUT2D eigenvalue weighted by atomic mass is 9.72. The van der Waals surface area contributed by atoms with Gasteiger partial charge in [-0.25, -0.2) is 4.67 Å². The van der Waals surface area contributed by atoms with Crippen LogP contribution in [0.4, 0.5) is 0 Å². The maximum atomic E-state index is 6.47. The van der Waals surface area contributed by atoms with Gasteiger partial charge in [0.25, 0.3) is 8.53 Å².